The highest BCUT2D eigenvalue weighted by molar-refractivity contribution is 7.89. The number of anilines is 1. The molecular formula is C14H23N3O3S. The van der Waals surface area contributed by atoms with Crippen molar-refractivity contribution in [2.75, 3.05) is 31.1 Å². The summed E-state index contributed by atoms with van der Waals surface area (Å²) in [5, 5.41) is 0. The van der Waals surface area contributed by atoms with Crippen molar-refractivity contribution in [2.24, 2.45) is 5.73 Å². The molecule has 2 rings (SSSR count). The van der Waals surface area contributed by atoms with Crippen LogP contribution < -0.4 is 15.4 Å². The van der Waals surface area contributed by atoms with E-state index in [1.165, 1.54) is 0 Å². The number of sulfonamides is 1. The molecule has 1 heterocycles. The summed E-state index contributed by atoms with van der Waals surface area (Å²) in [5.74, 6) is 0. The molecule has 0 aliphatic carbocycles. The minimum Gasteiger partial charge on any atom is -0.370 e. The van der Waals surface area contributed by atoms with Crippen LogP contribution in [-0.4, -0.2) is 46.8 Å². The number of ether oxygens (including phenoxy) is 1. The van der Waals surface area contributed by atoms with Crippen LogP contribution in [0.2, 0.25) is 0 Å². The van der Waals surface area contributed by atoms with Gasteiger partial charge in [-0.3, -0.25) is 0 Å². The zero-order chi connectivity index (χ0) is 15.5. The molecule has 0 amide bonds. The molecule has 6 nitrogen and oxygen atoms in total. The van der Waals surface area contributed by atoms with Gasteiger partial charge in [0.15, 0.2) is 0 Å². The largest absolute Gasteiger partial charge is 0.370 e. The predicted octanol–water partition coefficient (Wildman–Crippen LogP) is 0.537. The van der Waals surface area contributed by atoms with Crippen molar-refractivity contribution in [3.05, 3.63) is 24.3 Å². The van der Waals surface area contributed by atoms with Crippen molar-refractivity contribution in [3.8, 4) is 0 Å². The lowest BCUT2D eigenvalue weighted by molar-refractivity contribution is -0.0104. The third-order valence-electron chi connectivity index (χ3n) is 3.44. The van der Waals surface area contributed by atoms with Crippen LogP contribution in [-0.2, 0) is 14.8 Å². The van der Waals surface area contributed by atoms with Gasteiger partial charge in [-0.25, -0.2) is 13.1 Å². The van der Waals surface area contributed by atoms with Crippen molar-refractivity contribution in [1.82, 2.24) is 4.72 Å². The molecule has 1 aromatic carbocycles. The normalized spacial score (nSPS) is 23.3. The van der Waals surface area contributed by atoms with Gasteiger partial charge in [0.2, 0.25) is 10.0 Å². The maximum absolute atomic E-state index is 11.9. The summed E-state index contributed by atoms with van der Waals surface area (Å²) in [6.45, 7) is 6.12. The van der Waals surface area contributed by atoms with Crippen LogP contribution in [0, 0.1) is 0 Å². The molecule has 21 heavy (non-hydrogen) atoms. The minimum absolute atomic E-state index is 0.0129. The standard InChI is InChI=1S/C14H23N3O3S/c1-3-16-21(18,19)14-6-4-12(5-7-14)17-9-11(2)20-13(8-15)10-17/h4-7,11,13,16H,3,8-10,15H2,1-2H3. The third-order valence-corrected chi connectivity index (χ3v) is 5.00. The Morgan fingerprint density at radius 3 is 2.57 bits per heavy atom. The number of nitrogens with two attached hydrogens (primary N) is 1. The van der Waals surface area contributed by atoms with Gasteiger partial charge in [0.25, 0.3) is 0 Å². The summed E-state index contributed by atoms with van der Waals surface area (Å²) in [6, 6.07) is 6.92. The van der Waals surface area contributed by atoms with Crippen molar-refractivity contribution in [1.29, 1.82) is 0 Å². The van der Waals surface area contributed by atoms with Gasteiger partial charge in [0, 0.05) is 31.9 Å². The summed E-state index contributed by atoms with van der Waals surface area (Å²) in [5.41, 5.74) is 6.67. The highest BCUT2D eigenvalue weighted by Crippen LogP contribution is 2.22. The molecule has 0 saturated carbocycles. The zero-order valence-corrected chi connectivity index (χ0v) is 13.3. The lowest BCUT2D eigenvalue weighted by Crippen LogP contribution is -2.49. The van der Waals surface area contributed by atoms with Crippen LogP contribution in [0.1, 0.15) is 13.8 Å². The highest BCUT2D eigenvalue weighted by atomic mass is 32.2. The van der Waals surface area contributed by atoms with E-state index in [2.05, 4.69) is 9.62 Å². The summed E-state index contributed by atoms with van der Waals surface area (Å²) in [7, 11) is -3.40. The first-order valence-corrected chi connectivity index (χ1v) is 8.64. The van der Waals surface area contributed by atoms with Crippen molar-refractivity contribution in [2.45, 2.75) is 31.0 Å². The van der Waals surface area contributed by atoms with E-state index in [4.69, 9.17) is 10.5 Å². The van der Waals surface area contributed by atoms with Crippen LogP contribution in [0.4, 0.5) is 5.69 Å². The maximum atomic E-state index is 11.9. The van der Waals surface area contributed by atoms with E-state index in [-0.39, 0.29) is 17.1 Å². The Bertz CT molecular complexity index is 559. The zero-order valence-electron chi connectivity index (χ0n) is 12.5. The Morgan fingerprint density at radius 2 is 2.00 bits per heavy atom. The van der Waals surface area contributed by atoms with Gasteiger partial charge in [-0.15, -0.1) is 0 Å². The molecule has 1 aliphatic rings. The molecule has 1 aromatic rings. The summed E-state index contributed by atoms with van der Waals surface area (Å²) >= 11 is 0. The Kier molecular flexibility index (Phi) is 5.21. The van der Waals surface area contributed by atoms with Crippen LogP contribution in [0.15, 0.2) is 29.2 Å². The van der Waals surface area contributed by atoms with Gasteiger partial charge in [0.1, 0.15) is 0 Å². The highest BCUT2D eigenvalue weighted by Gasteiger charge is 2.24. The van der Waals surface area contributed by atoms with E-state index in [0.29, 0.717) is 13.1 Å². The quantitative estimate of drug-likeness (QED) is 0.829. The smallest absolute Gasteiger partial charge is 0.240 e. The van der Waals surface area contributed by atoms with Crippen molar-refractivity contribution < 1.29 is 13.2 Å². The number of morpholine rings is 1. The van der Waals surface area contributed by atoms with Gasteiger partial charge in [-0.1, -0.05) is 6.92 Å². The number of nitrogens with zero attached hydrogens (tertiary/aromatic N) is 1. The molecule has 0 aromatic heterocycles. The van der Waals surface area contributed by atoms with E-state index >= 15 is 0 Å². The summed E-state index contributed by atoms with van der Waals surface area (Å²) < 4.78 is 32.0. The molecule has 0 bridgehead atoms. The lowest BCUT2D eigenvalue weighted by Gasteiger charge is -2.37. The number of hydrogen-bond acceptors (Lipinski definition) is 5. The van der Waals surface area contributed by atoms with Gasteiger partial charge in [-0.2, -0.15) is 0 Å². The van der Waals surface area contributed by atoms with E-state index in [0.717, 1.165) is 18.8 Å². The van der Waals surface area contributed by atoms with Crippen LogP contribution >= 0.6 is 0 Å². The fraction of sp³-hybridized carbons (Fsp3) is 0.571. The van der Waals surface area contributed by atoms with Crippen LogP contribution in [0.3, 0.4) is 0 Å². The maximum Gasteiger partial charge on any atom is 0.240 e. The van der Waals surface area contributed by atoms with E-state index in [1.807, 2.05) is 19.1 Å². The average molecular weight is 313 g/mol. The first-order valence-electron chi connectivity index (χ1n) is 7.16. The number of nitrogens with one attached hydrogen (secondary N) is 1. The average Bonchev–Trinajstić information content (AvgIpc) is 2.46. The minimum atomic E-state index is -3.40. The molecular weight excluding hydrogens is 290 g/mol. The molecule has 1 saturated heterocycles. The van der Waals surface area contributed by atoms with Crippen LogP contribution in [0.25, 0.3) is 0 Å². The van der Waals surface area contributed by atoms with Gasteiger partial charge >= 0.3 is 0 Å². The molecule has 3 N–H and O–H groups in total. The topological polar surface area (TPSA) is 84.7 Å². The summed E-state index contributed by atoms with van der Waals surface area (Å²) in [6.07, 6.45) is 0.122. The Balaban J connectivity index is 2.15. The fourth-order valence-corrected chi connectivity index (χ4v) is 3.54. The molecule has 0 spiro atoms. The molecule has 2 unspecified atom stereocenters. The molecule has 0 radical (unpaired) electrons. The Morgan fingerprint density at radius 1 is 1.33 bits per heavy atom. The first-order chi connectivity index (χ1) is 9.96. The number of hydrogen-bond donors (Lipinski definition) is 2. The lowest BCUT2D eigenvalue weighted by atomic mass is 10.2. The van der Waals surface area contributed by atoms with Crippen LogP contribution in [0.5, 0.6) is 0 Å². The van der Waals surface area contributed by atoms with Gasteiger partial charge in [-0.05, 0) is 31.2 Å². The number of benzene rings is 1. The first kappa shape index (κ1) is 16.2. The van der Waals surface area contributed by atoms with Gasteiger partial charge in [0.05, 0.1) is 17.1 Å². The second kappa shape index (κ2) is 6.74. The van der Waals surface area contributed by atoms with E-state index in [1.54, 1.807) is 19.1 Å². The van der Waals surface area contributed by atoms with Crippen molar-refractivity contribution in [3.63, 3.8) is 0 Å². The fourth-order valence-electron chi connectivity index (χ4n) is 2.50. The SMILES string of the molecule is CCNS(=O)(=O)c1ccc(N2CC(C)OC(CN)C2)cc1. The molecule has 7 heteroatoms. The van der Waals surface area contributed by atoms with E-state index in [9.17, 15) is 8.42 Å². The second-order valence-electron chi connectivity index (χ2n) is 5.20. The third kappa shape index (κ3) is 3.94. The Labute approximate surface area is 126 Å². The molecule has 2 atom stereocenters. The van der Waals surface area contributed by atoms with Crippen molar-refractivity contribution >= 4 is 15.7 Å². The van der Waals surface area contributed by atoms with E-state index < -0.39 is 10.0 Å². The summed E-state index contributed by atoms with van der Waals surface area (Å²) in [4.78, 5) is 2.46. The second-order valence-corrected chi connectivity index (χ2v) is 6.97. The Hall–Kier alpha value is -1.15. The molecule has 1 aliphatic heterocycles. The monoisotopic (exact) mass is 313 g/mol. The predicted molar refractivity (Wildman–Crippen MR) is 82.9 cm³/mol. The van der Waals surface area contributed by atoms with Gasteiger partial charge < -0.3 is 15.4 Å². The molecule has 118 valence electrons. The molecule has 1 fully saturated rings. The number of rotatable bonds is 5.